The van der Waals surface area contributed by atoms with Crippen LogP contribution in [0.25, 0.3) is 16.9 Å². The Kier molecular flexibility index (Phi) is 7.92. The van der Waals surface area contributed by atoms with Crippen LogP contribution in [0, 0.1) is 0 Å². The Morgan fingerprint density at radius 3 is 2.04 bits per heavy atom. The van der Waals surface area contributed by atoms with Crippen molar-refractivity contribution >= 4 is 40.0 Å². The number of piperidine rings is 1. The Labute approximate surface area is 266 Å². The molecule has 0 amide bonds. The third kappa shape index (κ3) is 6.46. The first-order chi connectivity index (χ1) is 22.4. The van der Waals surface area contributed by atoms with E-state index in [2.05, 4.69) is 34.5 Å². The first-order valence-corrected chi connectivity index (χ1v) is 15.3. The second-order valence-corrected chi connectivity index (χ2v) is 11.6. The molecule has 0 aliphatic carbocycles. The zero-order chi connectivity index (χ0) is 31.5. The monoisotopic (exact) mass is 616 g/mol. The summed E-state index contributed by atoms with van der Waals surface area (Å²) in [5.41, 5.74) is 12.9. The van der Waals surface area contributed by atoms with Crippen molar-refractivity contribution in [1.82, 2.24) is 19.5 Å². The van der Waals surface area contributed by atoms with E-state index in [0.29, 0.717) is 54.8 Å². The smallest absolute Gasteiger partial charge is 0.251 e. The molecule has 0 saturated carbocycles. The van der Waals surface area contributed by atoms with Gasteiger partial charge in [-0.25, -0.2) is 13.8 Å². The number of nitrogens with zero attached hydrogens (tertiary/aromatic N) is 6. The lowest BCUT2D eigenvalue weighted by Crippen LogP contribution is -2.39. The van der Waals surface area contributed by atoms with E-state index in [1.54, 1.807) is 6.33 Å². The fourth-order valence-corrected chi connectivity index (χ4v) is 5.82. The highest BCUT2D eigenvalue weighted by molar-refractivity contribution is 5.86. The van der Waals surface area contributed by atoms with Crippen LogP contribution in [-0.2, 0) is 13.1 Å². The zero-order valence-corrected chi connectivity index (χ0v) is 25.2. The molecule has 1 saturated heterocycles. The van der Waals surface area contributed by atoms with Crippen LogP contribution in [0.3, 0.4) is 0 Å². The van der Waals surface area contributed by atoms with E-state index in [-0.39, 0.29) is 12.8 Å². The van der Waals surface area contributed by atoms with Crippen molar-refractivity contribution in [1.29, 1.82) is 0 Å². The molecule has 3 N–H and O–H groups in total. The molecule has 2 aromatic heterocycles. The molecule has 6 aromatic rings. The van der Waals surface area contributed by atoms with Crippen LogP contribution in [0.2, 0.25) is 0 Å². The molecule has 1 aliphatic heterocycles. The second kappa shape index (κ2) is 12.5. The lowest BCUT2D eigenvalue weighted by atomic mass is 10.1. The van der Waals surface area contributed by atoms with Crippen molar-refractivity contribution in [2.24, 2.45) is 0 Å². The maximum atomic E-state index is 13.7. The van der Waals surface area contributed by atoms with Gasteiger partial charge < -0.3 is 20.9 Å². The highest BCUT2D eigenvalue weighted by Gasteiger charge is 2.34. The van der Waals surface area contributed by atoms with Gasteiger partial charge >= 0.3 is 0 Å². The van der Waals surface area contributed by atoms with Crippen LogP contribution in [0.4, 0.5) is 37.6 Å². The fourth-order valence-electron chi connectivity index (χ4n) is 5.82. The number of anilines is 5. The Morgan fingerprint density at radius 1 is 0.761 bits per heavy atom. The van der Waals surface area contributed by atoms with Gasteiger partial charge in [-0.05, 0) is 53.6 Å². The first kappa shape index (κ1) is 29.2. The Bertz CT molecular complexity index is 1880. The van der Waals surface area contributed by atoms with Crippen LogP contribution in [-0.4, -0.2) is 38.5 Å². The first-order valence-electron chi connectivity index (χ1n) is 15.3. The molecule has 1 aliphatic rings. The summed E-state index contributed by atoms with van der Waals surface area (Å²) in [6.45, 7) is 1.87. The Hall–Kier alpha value is -5.51. The van der Waals surface area contributed by atoms with Crippen molar-refractivity contribution in [3.63, 3.8) is 0 Å². The molecule has 10 heteroatoms. The average Bonchev–Trinajstić information content (AvgIpc) is 3.50. The molecule has 0 bridgehead atoms. The fraction of sp³-hybridized carbons (Fsp3) is 0.194. The van der Waals surface area contributed by atoms with Crippen LogP contribution < -0.4 is 20.9 Å². The number of fused-ring (bicyclic) bond motifs is 1. The van der Waals surface area contributed by atoms with Crippen LogP contribution in [0.5, 0.6) is 0 Å². The molecule has 8 nitrogen and oxygen atoms in total. The molecule has 0 atom stereocenters. The molecule has 0 spiro atoms. The summed E-state index contributed by atoms with van der Waals surface area (Å²) in [6, 6.07) is 35.9. The number of rotatable bonds is 9. The number of nitrogens with two attached hydrogens (primary N) is 1. The van der Waals surface area contributed by atoms with Gasteiger partial charge in [-0.1, -0.05) is 66.7 Å². The third-order valence-electron chi connectivity index (χ3n) is 8.24. The van der Waals surface area contributed by atoms with Crippen molar-refractivity contribution in [2.45, 2.75) is 31.9 Å². The summed E-state index contributed by atoms with van der Waals surface area (Å²) >= 11 is 0. The van der Waals surface area contributed by atoms with Gasteiger partial charge in [-0.3, -0.25) is 4.57 Å². The second-order valence-electron chi connectivity index (χ2n) is 11.6. The minimum atomic E-state index is -2.58. The number of aromatic nitrogens is 4. The molecule has 232 valence electrons. The molecule has 3 heterocycles. The SMILES string of the molecule is Nc1cccc(-n2cnc3c(N(Cc4ccccc4)Cc4ccccc4)nc(Nc4ccc(N5CCC(F)(F)CC5)cc4)nc32)c1. The van der Waals surface area contributed by atoms with Crippen LogP contribution in [0.15, 0.2) is 116 Å². The third-order valence-corrected chi connectivity index (χ3v) is 8.24. The standard InChI is InChI=1S/C36H34F2N8/c37-36(38)18-20-44(21-19-36)30-16-14-29(15-17-30)41-35-42-33(32-34(43-35)46(25-40-32)31-13-7-12-28(39)22-31)45(23-26-8-3-1-4-9-26)24-27-10-5-2-6-11-27/h1-17,22,25H,18-21,23-24,39H2,(H,41,42,43). The maximum Gasteiger partial charge on any atom is 0.251 e. The van der Waals surface area contributed by atoms with E-state index < -0.39 is 5.92 Å². The van der Waals surface area contributed by atoms with E-state index in [1.807, 2.05) is 94.4 Å². The predicted molar refractivity (Wildman–Crippen MR) is 180 cm³/mol. The van der Waals surface area contributed by atoms with Crippen molar-refractivity contribution in [3.8, 4) is 5.69 Å². The van der Waals surface area contributed by atoms with Crippen LogP contribution >= 0.6 is 0 Å². The number of benzene rings is 4. The summed E-state index contributed by atoms with van der Waals surface area (Å²) in [5, 5.41) is 3.39. The normalized spacial score (nSPS) is 14.3. The number of imidazole rings is 1. The maximum absolute atomic E-state index is 13.7. The van der Waals surface area contributed by atoms with E-state index >= 15 is 0 Å². The summed E-state index contributed by atoms with van der Waals surface area (Å²) in [5.74, 6) is -1.49. The quantitative estimate of drug-likeness (QED) is 0.162. The molecule has 7 rings (SSSR count). The van der Waals surface area contributed by atoms with Gasteiger partial charge in [0.15, 0.2) is 17.0 Å². The molecule has 0 radical (unpaired) electrons. The summed E-state index contributed by atoms with van der Waals surface area (Å²) in [7, 11) is 0. The minimum Gasteiger partial charge on any atom is -0.399 e. The number of hydrogen-bond donors (Lipinski definition) is 2. The van der Waals surface area contributed by atoms with Gasteiger partial charge in [0, 0.05) is 56.1 Å². The summed E-state index contributed by atoms with van der Waals surface area (Å²) < 4.78 is 29.3. The van der Waals surface area contributed by atoms with Gasteiger partial charge in [-0.15, -0.1) is 0 Å². The van der Waals surface area contributed by atoms with Crippen molar-refractivity contribution in [3.05, 3.63) is 127 Å². The largest absolute Gasteiger partial charge is 0.399 e. The van der Waals surface area contributed by atoms with Gasteiger partial charge in [0.1, 0.15) is 6.33 Å². The van der Waals surface area contributed by atoms with Crippen molar-refractivity contribution < 1.29 is 8.78 Å². The number of hydrogen-bond acceptors (Lipinski definition) is 7. The average molecular weight is 617 g/mol. The van der Waals surface area contributed by atoms with E-state index in [1.165, 1.54) is 0 Å². The topological polar surface area (TPSA) is 88.1 Å². The van der Waals surface area contributed by atoms with E-state index in [4.69, 9.17) is 20.7 Å². The zero-order valence-electron chi connectivity index (χ0n) is 25.2. The summed E-state index contributed by atoms with van der Waals surface area (Å²) in [4.78, 5) is 19.0. The molecule has 4 aromatic carbocycles. The lowest BCUT2D eigenvalue weighted by molar-refractivity contribution is -0.0220. The summed E-state index contributed by atoms with van der Waals surface area (Å²) in [6.07, 6.45) is 1.49. The Balaban J connectivity index is 1.28. The number of nitrogen functional groups attached to an aromatic ring is 1. The highest BCUT2D eigenvalue weighted by Crippen LogP contribution is 2.33. The van der Waals surface area contributed by atoms with Gasteiger partial charge in [0.25, 0.3) is 5.92 Å². The molecular formula is C36H34F2N8. The Morgan fingerprint density at radius 2 is 1.41 bits per heavy atom. The molecule has 0 unspecified atom stereocenters. The van der Waals surface area contributed by atoms with Crippen molar-refractivity contribution in [2.75, 3.05) is 33.9 Å². The van der Waals surface area contributed by atoms with E-state index in [0.717, 1.165) is 28.2 Å². The van der Waals surface area contributed by atoms with E-state index in [9.17, 15) is 8.78 Å². The van der Waals surface area contributed by atoms with Gasteiger partial charge in [0.2, 0.25) is 5.95 Å². The number of halogens is 2. The van der Waals surface area contributed by atoms with Crippen LogP contribution in [0.1, 0.15) is 24.0 Å². The van der Waals surface area contributed by atoms with Gasteiger partial charge in [-0.2, -0.15) is 9.97 Å². The number of nitrogens with one attached hydrogen (secondary N) is 1. The number of alkyl halides is 2. The molecular weight excluding hydrogens is 582 g/mol. The predicted octanol–water partition coefficient (Wildman–Crippen LogP) is 7.58. The highest BCUT2D eigenvalue weighted by atomic mass is 19.3. The molecule has 46 heavy (non-hydrogen) atoms. The molecule has 1 fully saturated rings. The van der Waals surface area contributed by atoms with Gasteiger partial charge in [0.05, 0.1) is 5.69 Å². The lowest BCUT2D eigenvalue weighted by Gasteiger charge is -2.33. The minimum absolute atomic E-state index is 0.132.